The molecular formula is C18H20BrNO. The Morgan fingerprint density at radius 2 is 1.71 bits per heavy atom. The molecule has 2 nitrogen and oxygen atoms in total. The van der Waals surface area contributed by atoms with Crippen LogP contribution in [0.5, 0.6) is 0 Å². The summed E-state index contributed by atoms with van der Waals surface area (Å²) in [6.07, 6.45) is 0.539. The molecule has 0 saturated heterocycles. The molecule has 0 fully saturated rings. The van der Waals surface area contributed by atoms with Gasteiger partial charge in [-0.05, 0) is 29.2 Å². The molecule has 21 heavy (non-hydrogen) atoms. The maximum atomic E-state index is 12.3. The number of nitrogens with zero attached hydrogens (tertiary/aromatic N) is 1. The van der Waals surface area contributed by atoms with Crippen molar-refractivity contribution in [3.05, 3.63) is 70.2 Å². The van der Waals surface area contributed by atoms with Crippen molar-refractivity contribution in [2.75, 3.05) is 7.05 Å². The summed E-state index contributed by atoms with van der Waals surface area (Å²) in [5.41, 5.74) is 2.35. The van der Waals surface area contributed by atoms with Crippen LogP contribution in [0.4, 0.5) is 0 Å². The van der Waals surface area contributed by atoms with Crippen LogP contribution in [0.3, 0.4) is 0 Å². The summed E-state index contributed by atoms with van der Waals surface area (Å²) in [7, 11) is 1.86. The summed E-state index contributed by atoms with van der Waals surface area (Å²) in [6, 6.07) is 18.3. The molecule has 0 radical (unpaired) electrons. The largest absolute Gasteiger partial charge is 0.341 e. The number of carbonyl (C=O) groups excluding carboxylic acids is 1. The molecule has 1 atom stereocenters. The third-order valence-electron chi connectivity index (χ3n) is 3.61. The van der Waals surface area contributed by atoms with E-state index in [2.05, 4.69) is 35.0 Å². The molecule has 1 unspecified atom stereocenters. The molecule has 2 aromatic rings. The summed E-state index contributed by atoms with van der Waals surface area (Å²) >= 11 is 3.42. The van der Waals surface area contributed by atoms with E-state index in [0.717, 1.165) is 10.0 Å². The Hall–Kier alpha value is -1.61. The molecule has 0 saturated carbocycles. The Bertz CT molecular complexity index is 580. The van der Waals surface area contributed by atoms with Gasteiger partial charge in [-0.15, -0.1) is 0 Å². The molecule has 2 aromatic carbocycles. The standard InChI is InChI=1S/C18H20BrNO/c1-14(16-6-4-3-5-7-16)12-18(21)20(2)13-15-8-10-17(19)11-9-15/h3-11,14H,12-13H2,1-2H3. The zero-order chi connectivity index (χ0) is 15.2. The van der Waals surface area contributed by atoms with E-state index in [1.165, 1.54) is 5.56 Å². The molecule has 0 spiro atoms. The highest BCUT2D eigenvalue weighted by atomic mass is 79.9. The zero-order valence-corrected chi connectivity index (χ0v) is 14.0. The molecule has 3 heteroatoms. The summed E-state index contributed by atoms with van der Waals surface area (Å²) < 4.78 is 1.05. The number of amides is 1. The average molecular weight is 346 g/mol. The molecule has 0 N–H and O–H groups in total. The van der Waals surface area contributed by atoms with Gasteiger partial charge in [0.2, 0.25) is 5.91 Å². The summed E-state index contributed by atoms with van der Waals surface area (Å²) in [5.74, 6) is 0.417. The van der Waals surface area contributed by atoms with Crippen LogP contribution in [-0.2, 0) is 11.3 Å². The lowest BCUT2D eigenvalue weighted by atomic mass is 9.97. The fourth-order valence-electron chi connectivity index (χ4n) is 2.27. The second kappa shape index (κ2) is 7.41. The van der Waals surface area contributed by atoms with Gasteiger partial charge in [0.15, 0.2) is 0 Å². The molecular weight excluding hydrogens is 326 g/mol. The number of carbonyl (C=O) groups is 1. The van der Waals surface area contributed by atoms with Crippen molar-refractivity contribution in [3.63, 3.8) is 0 Å². The van der Waals surface area contributed by atoms with Gasteiger partial charge in [0, 0.05) is 24.5 Å². The molecule has 0 aliphatic heterocycles. The van der Waals surface area contributed by atoms with Crippen LogP contribution in [0.1, 0.15) is 30.4 Å². The Morgan fingerprint density at radius 1 is 1.10 bits per heavy atom. The van der Waals surface area contributed by atoms with Crippen molar-refractivity contribution >= 4 is 21.8 Å². The Labute approximate surface area is 134 Å². The van der Waals surface area contributed by atoms with Gasteiger partial charge in [0.05, 0.1) is 0 Å². The maximum Gasteiger partial charge on any atom is 0.223 e. The Kier molecular flexibility index (Phi) is 5.57. The summed E-state index contributed by atoms with van der Waals surface area (Å²) in [4.78, 5) is 14.1. The van der Waals surface area contributed by atoms with Gasteiger partial charge in [-0.25, -0.2) is 0 Å². The second-order valence-electron chi connectivity index (χ2n) is 5.39. The number of benzene rings is 2. The van der Waals surface area contributed by atoms with Crippen LogP contribution < -0.4 is 0 Å². The van der Waals surface area contributed by atoms with Crippen molar-refractivity contribution < 1.29 is 4.79 Å². The lowest BCUT2D eigenvalue weighted by Crippen LogP contribution is -2.27. The van der Waals surface area contributed by atoms with Gasteiger partial charge in [-0.3, -0.25) is 4.79 Å². The predicted molar refractivity (Wildman–Crippen MR) is 90.1 cm³/mol. The minimum Gasteiger partial charge on any atom is -0.341 e. The van der Waals surface area contributed by atoms with Crippen molar-refractivity contribution in [2.24, 2.45) is 0 Å². The quantitative estimate of drug-likeness (QED) is 0.775. The van der Waals surface area contributed by atoms with E-state index in [4.69, 9.17) is 0 Å². The monoisotopic (exact) mass is 345 g/mol. The molecule has 0 aliphatic carbocycles. The molecule has 0 heterocycles. The minimum atomic E-state index is 0.175. The first kappa shape index (κ1) is 15.8. The summed E-state index contributed by atoms with van der Waals surface area (Å²) in [6.45, 7) is 2.74. The van der Waals surface area contributed by atoms with Crippen LogP contribution in [0, 0.1) is 0 Å². The number of halogens is 1. The molecule has 0 aromatic heterocycles. The van der Waals surface area contributed by atoms with E-state index >= 15 is 0 Å². The fourth-order valence-corrected chi connectivity index (χ4v) is 2.53. The van der Waals surface area contributed by atoms with Gasteiger partial charge in [0.25, 0.3) is 0 Å². The maximum absolute atomic E-state index is 12.3. The predicted octanol–water partition coefficient (Wildman–Crippen LogP) is 4.60. The normalized spacial score (nSPS) is 12.0. The topological polar surface area (TPSA) is 20.3 Å². The SMILES string of the molecule is CC(CC(=O)N(C)Cc1ccc(Br)cc1)c1ccccc1. The molecule has 2 rings (SSSR count). The van der Waals surface area contributed by atoms with Crippen molar-refractivity contribution in [1.82, 2.24) is 4.90 Å². The Morgan fingerprint density at radius 3 is 2.33 bits per heavy atom. The lowest BCUT2D eigenvalue weighted by molar-refractivity contribution is -0.130. The van der Waals surface area contributed by atoms with Crippen molar-refractivity contribution in [2.45, 2.75) is 25.8 Å². The van der Waals surface area contributed by atoms with E-state index in [1.807, 2.05) is 49.5 Å². The number of hydrogen-bond acceptors (Lipinski definition) is 1. The minimum absolute atomic E-state index is 0.175. The zero-order valence-electron chi connectivity index (χ0n) is 12.4. The molecule has 110 valence electrons. The smallest absolute Gasteiger partial charge is 0.223 e. The van der Waals surface area contributed by atoms with Crippen LogP contribution in [0.25, 0.3) is 0 Å². The first-order chi connectivity index (χ1) is 10.1. The van der Waals surface area contributed by atoms with Crippen LogP contribution in [0.2, 0.25) is 0 Å². The highest BCUT2D eigenvalue weighted by Crippen LogP contribution is 2.20. The Balaban J connectivity index is 1.92. The van der Waals surface area contributed by atoms with E-state index in [0.29, 0.717) is 13.0 Å². The third-order valence-corrected chi connectivity index (χ3v) is 4.14. The number of hydrogen-bond donors (Lipinski definition) is 0. The first-order valence-corrected chi connectivity index (χ1v) is 7.89. The van der Waals surface area contributed by atoms with Crippen molar-refractivity contribution in [3.8, 4) is 0 Å². The highest BCUT2D eigenvalue weighted by molar-refractivity contribution is 9.10. The van der Waals surface area contributed by atoms with Crippen LogP contribution in [0.15, 0.2) is 59.1 Å². The number of rotatable bonds is 5. The highest BCUT2D eigenvalue weighted by Gasteiger charge is 2.14. The van der Waals surface area contributed by atoms with E-state index in [9.17, 15) is 4.79 Å². The molecule has 0 bridgehead atoms. The van der Waals surface area contributed by atoms with Crippen LogP contribution in [-0.4, -0.2) is 17.9 Å². The van der Waals surface area contributed by atoms with Crippen LogP contribution >= 0.6 is 15.9 Å². The summed E-state index contributed by atoms with van der Waals surface area (Å²) in [5, 5.41) is 0. The van der Waals surface area contributed by atoms with E-state index < -0.39 is 0 Å². The van der Waals surface area contributed by atoms with Gasteiger partial charge >= 0.3 is 0 Å². The van der Waals surface area contributed by atoms with Gasteiger partial charge in [0.1, 0.15) is 0 Å². The van der Waals surface area contributed by atoms with Crippen molar-refractivity contribution in [1.29, 1.82) is 0 Å². The molecule has 0 aliphatic rings. The van der Waals surface area contributed by atoms with Gasteiger partial charge < -0.3 is 4.90 Å². The van der Waals surface area contributed by atoms with E-state index in [-0.39, 0.29) is 11.8 Å². The average Bonchev–Trinajstić information content (AvgIpc) is 2.50. The van der Waals surface area contributed by atoms with E-state index in [1.54, 1.807) is 4.90 Å². The molecule has 1 amide bonds. The van der Waals surface area contributed by atoms with Gasteiger partial charge in [-0.2, -0.15) is 0 Å². The fraction of sp³-hybridized carbons (Fsp3) is 0.278. The first-order valence-electron chi connectivity index (χ1n) is 7.09. The third kappa shape index (κ3) is 4.71. The van der Waals surface area contributed by atoms with Gasteiger partial charge in [-0.1, -0.05) is 65.3 Å². The lowest BCUT2D eigenvalue weighted by Gasteiger charge is -2.20. The second-order valence-corrected chi connectivity index (χ2v) is 6.31.